The zero-order valence-electron chi connectivity index (χ0n) is 12.8. The van der Waals surface area contributed by atoms with Crippen LogP contribution in [0.1, 0.15) is 11.3 Å². The molecule has 1 aromatic carbocycles. The highest BCUT2D eigenvalue weighted by Gasteiger charge is 2.17. The van der Waals surface area contributed by atoms with Gasteiger partial charge in [0.05, 0.1) is 20.6 Å². The summed E-state index contributed by atoms with van der Waals surface area (Å²) in [4.78, 5) is 12.9. The molecule has 0 aliphatic rings. The number of hydrogen-bond donors (Lipinski definition) is 1. The van der Waals surface area contributed by atoms with Gasteiger partial charge < -0.3 is 4.98 Å². The van der Waals surface area contributed by atoms with E-state index in [0.29, 0.717) is 22.3 Å². The Morgan fingerprint density at radius 1 is 1.04 bits per heavy atom. The molecule has 0 unspecified atom stereocenters. The van der Waals surface area contributed by atoms with E-state index in [1.165, 1.54) is 0 Å². The summed E-state index contributed by atoms with van der Waals surface area (Å²) in [5, 5.41) is 9.99. The minimum absolute atomic E-state index is 0.532. The van der Waals surface area contributed by atoms with E-state index in [9.17, 15) is 0 Å². The average Bonchev–Trinajstić information content (AvgIpc) is 3.28. The Hall–Kier alpha value is -2.28. The third-order valence-electron chi connectivity index (χ3n) is 3.61. The summed E-state index contributed by atoms with van der Waals surface area (Å²) in [5.74, 6) is 0.702. The van der Waals surface area contributed by atoms with E-state index in [2.05, 4.69) is 20.2 Å². The first-order valence-corrected chi connectivity index (χ1v) is 8.98. The number of pyridine rings is 1. The summed E-state index contributed by atoms with van der Waals surface area (Å²) in [6.07, 6.45) is 5.69. The highest BCUT2D eigenvalue weighted by atomic mass is 35.5. The first-order chi connectivity index (χ1) is 12.2. The Bertz CT molecular complexity index is 999. The maximum Gasteiger partial charge on any atom is 0.173 e. The van der Waals surface area contributed by atoms with Gasteiger partial charge in [-0.3, -0.25) is 4.98 Å². The van der Waals surface area contributed by atoms with Gasteiger partial charge in [-0.2, -0.15) is 0 Å². The Labute approximate surface area is 157 Å². The molecule has 4 aromatic rings. The average molecular weight is 388 g/mol. The second kappa shape index (κ2) is 6.92. The highest BCUT2D eigenvalue weighted by molar-refractivity contribution is 7.18. The number of nitrogens with one attached hydrogen (secondary N) is 1. The van der Waals surface area contributed by atoms with Crippen molar-refractivity contribution in [2.45, 2.75) is 6.42 Å². The minimum atomic E-state index is 0.532. The molecule has 0 saturated heterocycles. The van der Waals surface area contributed by atoms with Crippen LogP contribution in [0.25, 0.3) is 21.3 Å². The maximum absolute atomic E-state index is 6.14. The number of rotatable bonds is 4. The van der Waals surface area contributed by atoms with Crippen LogP contribution in [0.4, 0.5) is 0 Å². The van der Waals surface area contributed by atoms with E-state index in [-0.39, 0.29) is 0 Å². The molecule has 8 heteroatoms. The highest BCUT2D eigenvalue weighted by Crippen LogP contribution is 2.35. The number of thiazole rings is 1. The van der Waals surface area contributed by atoms with Gasteiger partial charge in [-0.25, -0.2) is 4.98 Å². The molecule has 1 N–H and O–H groups in total. The van der Waals surface area contributed by atoms with E-state index >= 15 is 0 Å². The van der Waals surface area contributed by atoms with Crippen LogP contribution >= 0.6 is 34.5 Å². The molecule has 0 amide bonds. The van der Waals surface area contributed by atoms with Crippen LogP contribution in [0.2, 0.25) is 10.0 Å². The Kier molecular flexibility index (Phi) is 4.48. The molecule has 4 rings (SSSR count). The fraction of sp³-hybridized carbons (Fsp3) is 0.0588. The van der Waals surface area contributed by atoms with Crippen molar-refractivity contribution in [3.63, 3.8) is 0 Å². The SMILES string of the molecule is Clc1ccc(Cc2nc(-c3ccncc3)sc2-c2nnc[nH]2)cc1Cl. The fourth-order valence-electron chi connectivity index (χ4n) is 2.43. The lowest BCUT2D eigenvalue weighted by Gasteiger charge is -2.03. The summed E-state index contributed by atoms with van der Waals surface area (Å²) in [6, 6.07) is 9.48. The van der Waals surface area contributed by atoms with Gasteiger partial charge >= 0.3 is 0 Å². The minimum Gasteiger partial charge on any atom is -0.327 e. The Balaban J connectivity index is 1.77. The zero-order chi connectivity index (χ0) is 17.2. The third kappa shape index (κ3) is 3.42. The van der Waals surface area contributed by atoms with E-state index < -0.39 is 0 Å². The predicted molar refractivity (Wildman–Crippen MR) is 100.0 cm³/mol. The molecule has 0 atom stereocenters. The molecule has 0 bridgehead atoms. The molecule has 5 nitrogen and oxygen atoms in total. The van der Waals surface area contributed by atoms with Crippen molar-refractivity contribution in [3.8, 4) is 21.3 Å². The van der Waals surface area contributed by atoms with Gasteiger partial charge in [0.2, 0.25) is 0 Å². The second-order valence-electron chi connectivity index (χ2n) is 5.29. The van der Waals surface area contributed by atoms with Crippen molar-refractivity contribution in [3.05, 3.63) is 70.4 Å². The van der Waals surface area contributed by atoms with Gasteiger partial charge in [0.25, 0.3) is 0 Å². The summed E-state index contributed by atoms with van der Waals surface area (Å²) in [7, 11) is 0. The molecule has 0 aliphatic carbocycles. The van der Waals surface area contributed by atoms with E-state index in [4.69, 9.17) is 28.2 Å². The number of aromatic nitrogens is 5. The van der Waals surface area contributed by atoms with Crippen LogP contribution in [0, 0.1) is 0 Å². The number of halogens is 2. The normalized spacial score (nSPS) is 11.0. The lowest BCUT2D eigenvalue weighted by molar-refractivity contribution is 1.08. The lowest BCUT2D eigenvalue weighted by Crippen LogP contribution is -1.92. The van der Waals surface area contributed by atoms with Gasteiger partial charge in [-0.05, 0) is 29.8 Å². The van der Waals surface area contributed by atoms with Crippen LogP contribution in [-0.4, -0.2) is 25.1 Å². The summed E-state index contributed by atoms with van der Waals surface area (Å²) >= 11 is 13.7. The fourth-order valence-corrected chi connectivity index (χ4v) is 3.79. The zero-order valence-corrected chi connectivity index (χ0v) is 15.1. The molecular formula is C17H11Cl2N5S. The van der Waals surface area contributed by atoms with Gasteiger partial charge in [0, 0.05) is 24.4 Å². The molecule has 0 spiro atoms. The van der Waals surface area contributed by atoms with Crippen LogP contribution in [0.3, 0.4) is 0 Å². The molecular weight excluding hydrogens is 377 g/mol. The van der Waals surface area contributed by atoms with Crippen molar-refractivity contribution in [1.82, 2.24) is 25.1 Å². The number of H-pyrrole nitrogens is 1. The van der Waals surface area contributed by atoms with Crippen molar-refractivity contribution < 1.29 is 0 Å². The van der Waals surface area contributed by atoms with Gasteiger partial charge in [-0.1, -0.05) is 29.3 Å². The second-order valence-corrected chi connectivity index (χ2v) is 7.11. The Morgan fingerprint density at radius 2 is 1.88 bits per heavy atom. The first-order valence-electron chi connectivity index (χ1n) is 7.41. The summed E-state index contributed by atoms with van der Waals surface area (Å²) < 4.78 is 0. The van der Waals surface area contributed by atoms with Crippen LogP contribution in [0.15, 0.2) is 49.1 Å². The smallest absolute Gasteiger partial charge is 0.173 e. The third-order valence-corrected chi connectivity index (χ3v) is 5.50. The van der Waals surface area contributed by atoms with Crippen molar-refractivity contribution >= 4 is 34.5 Å². The number of nitrogens with zero attached hydrogens (tertiary/aromatic N) is 4. The molecule has 3 heterocycles. The molecule has 0 fully saturated rings. The Morgan fingerprint density at radius 3 is 2.60 bits per heavy atom. The van der Waals surface area contributed by atoms with Gasteiger partial charge in [-0.15, -0.1) is 21.5 Å². The number of hydrogen-bond acceptors (Lipinski definition) is 5. The molecule has 0 saturated carbocycles. The summed E-state index contributed by atoms with van der Waals surface area (Å²) in [5.41, 5.74) is 2.95. The topological polar surface area (TPSA) is 67.3 Å². The molecule has 124 valence electrons. The quantitative estimate of drug-likeness (QED) is 0.541. The molecule has 25 heavy (non-hydrogen) atoms. The maximum atomic E-state index is 6.14. The monoisotopic (exact) mass is 387 g/mol. The van der Waals surface area contributed by atoms with Crippen LogP contribution in [-0.2, 0) is 6.42 Å². The van der Waals surface area contributed by atoms with Crippen LogP contribution < -0.4 is 0 Å². The van der Waals surface area contributed by atoms with E-state index in [1.54, 1.807) is 36.1 Å². The van der Waals surface area contributed by atoms with Crippen LogP contribution in [0.5, 0.6) is 0 Å². The van der Waals surface area contributed by atoms with Crippen molar-refractivity contribution in [2.24, 2.45) is 0 Å². The summed E-state index contributed by atoms with van der Waals surface area (Å²) in [6.45, 7) is 0. The van der Waals surface area contributed by atoms with Gasteiger partial charge in [0.1, 0.15) is 11.3 Å². The lowest BCUT2D eigenvalue weighted by atomic mass is 10.1. The standard InChI is InChI=1S/C17H11Cl2N5S/c18-12-2-1-10(7-13(12)19)8-14-15(16-21-9-22-24-16)25-17(23-14)11-3-5-20-6-4-11/h1-7,9H,8H2,(H,21,22,24). The van der Waals surface area contributed by atoms with E-state index in [1.807, 2.05) is 24.3 Å². The number of aromatic amines is 1. The van der Waals surface area contributed by atoms with E-state index in [0.717, 1.165) is 26.7 Å². The first kappa shape index (κ1) is 16.2. The predicted octanol–water partition coefficient (Wildman–Crippen LogP) is 4.89. The molecule has 3 aromatic heterocycles. The van der Waals surface area contributed by atoms with Crippen molar-refractivity contribution in [1.29, 1.82) is 0 Å². The largest absolute Gasteiger partial charge is 0.327 e. The van der Waals surface area contributed by atoms with Crippen molar-refractivity contribution in [2.75, 3.05) is 0 Å². The molecule has 0 radical (unpaired) electrons. The number of benzene rings is 1. The molecule has 0 aliphatic heterocycles. The van der Waals surface area contributed by atoms with Gasteiger partial charge in [0.15, 0.2) is 5.82 Å².